The highest BCUT2D eigenvalue weighted by Crippen LogP contribution is 2.25. The molecule has 0 spiro atoms. The molecule has 0 saturated carbocycles. The van der Waals surface area contributed by atoms with E-state index < -0.39 is 5.91 Å². The minimum atomic E-state index is -0.458. The van der Waals surface area contributed by atoms with Gasteiger partial charge in [0.15, 0.2) is 16.7 Å². The molecule has 0 fully saturated rings. The average molecular weight is 265 g/mol. The van der Waals surface area contributed by atoms with E-state index in [-0.39, 0.29) is 22.2 Å². The van der Waals surface area contributed by atoms with Crippen LogP contribution in [0, 0.1) is 0 Å². The summed E-state index contributed by atoms with van der Waals surface area (Å²) in [6, 6.07) is 7.02. The molecule has 1 amide bonds. The van der Waals surface area contributed by atoms with Gasteiger partial charge in [-0.3, -0.25) is 4.79 Å². The van der Waals surface area contributed by atoms with Crippen molar-refractivity contribution in [2.24, 2.45) is 0 Å². The number of anilines is 1. The Kier molecular flexibility index (Phi) is 3.34. The third kappa shape index (κ3) is 2.52. The van der Waals surface area contributed by atoms with E-state index in [2.05, 4.69) is 10.3 Å². The summed E-state index contributed by atoms with van der Waals surface area (Å²) in [4.78, 5) is 15.7. The number of carbonyl (C=O) groups excluding carboxylic acids is 1. The van der Waals surface area contributed by atoms with Crippen LogP contribution in [0.15, 0.2) is 36.5 Å². The smallest absolute Gasteiger partial charge is 0.255 e. The van der Waals surface area contributed by atoms with E-state index in [0.29, 0.717) is 5.69 Å². The first-order chi connectivity index (χ1) is 8.58. The van der Waals surface area contributed by atoms with Crippen molar-refractivity contribution in [2.45, 2.75) is 0 Å². The Hall–Kier alpha value is -2.27. The Bertz CT molecular complexity index is 602. The zero-order chi connectivity index (χ0) is 13.1. The van der Waals surface area contributed by atoms with Gasteiger partial charge in [0.2, 0.25) is 0 Å². The molecule has 0 atom stereocenters. The second kappa shape index (κ2) is 4.93. The molecule has 1 aromatic carbocycles. The summed E-state index contributed by atoms with van der Waals surface area (Å²) in [6.45, 7) is 0. The predicted molar refractivity (Wildman–Crippen MR) is 67.0 cm³/mol. The van der Waals surface area contributed by atoms with Crippen molar-refractivity contribution in [2.75, 3.05) is 5.32 Å². The molecule has 6 heteroatoms. The SMILES string of the molecule is O=C(Nc1cccnc1Cl)c1ccc(O)c(O)c1. The Morgan fingerprint density at radius 2 is 2.00 bits per heavy atom. The molecule has 0 radical (unpaired) electrons. The van der Waals surface area contributed by atoms with Crippen LogP contribution in [-0.2, 0) is 0 Å². The number of phenols is 2. The first kappa shape index (κ1) is 12.2. The molecule has 1 heterocycles. The normalized spacial score (nSPS) is 10.1. The number of hydrogen-bond donors (Lipinski definition) is 3. The van der Waals surface area contributed by atoms with E-state index in [1.807, 2.05) is 0 Å². The van der Waals surface area contributed by atoms with Gasteiger partial charge in [-0.2, -0.15) is 0 Å². The molecule has 2 rings (SSSR count). The Balaban J connectivity index is 2.22. The minimum absolute atomic E-state index is 0.175. The van der Waals surface area contributed by atoms with Gasteiger partial charge in [0.05, 0.1) is 5.69 Å². The summed E-state index contributed by atoms with van der Waals surface area (Å²) in [6.07, 6.45) is 1.50. The van der Waals surface area contributed by atoms with Gasteiger partial charge >= 0.3 is 0 Å². The lowest BCUT2D eigenvalue weighted by molar-refractivity contribution is 0.102. The van der Waals surface area contributed by atoms with Crippen LogP contribution in [0.4, 0.5) is 5.69 Å². The number of phenolic OH excluding ortho intramolecular Hbond substituents is 2. The van der Waals surface area contributed by atoms with Crippen molar-refractivity contribution in [3.05, 3.63) is 47.2 Å². The fourth-order valence-corrected chi connectivity index (χ4v) is 1.51. The highest BCUT2D eigenvalue weighted by atomic mass is 35.5. The summed E-state index contributed by atoms with van der Waals surface area (Å²) in [7, 11) is 0. The number of nitrogens with zero attached hydrogens (tertiary/aromatic N) is 1. The molecule has 0 bridgehead atoms. The lowest BCUT2D eigenvalue weighted by Gasteiger charge is -2.07. The van der Waals surface area contributed by atoms with E-state index >= 15 is 0 Å². The molecule has 0 saturated heterocycles. The molecule has 0 aliphatic heterocycles. The Labute approximate surface area is 108 Å². The quantitative estimate of drug-likeness (QED) is 0.575. The molecule has 3 N–H and O–H groups in total. The number of rotatable bonds is 2. The second-order valence-corrected chi connectivity index (χ2v) is 3.86. The van der Waals surface area contributed by atoms with Gasteiger partial charge in [-0.05, 0) is 30.3 Å². The van der Waals surface area contributed by atoms with Crippen LogP contribution in [0.5, 0.6) is 11.5 Å². The number of halogens is 1. The minimum Gasteiger partial charge on any atom is -0.504 e. The zero-order valence-corrected chi connectivity index (χ0v) is 9.85. The maximum atomic E-state index is 11.8. The topological polar surface area (TPSA) is 82.5 Å². The molecular formula is C12H9ClN2O3. The number of nitrogens with one attached hydrogen (secondary N) is 1. The number of aromatic nitrogens is 1. The number of carbonyl (C=O) groups is 1. The van der Waals surface area contributed by atoms with Gasteiger partial charge in [0.1, 0.15) is 0 Å². The maximum absolute atomic E-state index is 11.8. The average Bonchev–Trinajstić information content (AvgIpc) is 2.35. The molecule has 0 aliphatic carbocycles. The second-order valence-electron chi connectivity index (χ2n) is 3.50. The Morgan fingerprint density at radius 1 is 1.22 bits per heavy atom. The monoisotopic (exact) mass is 264 g/mol. The van der Waals surface area contributed by atoms with Crippen molar-refractivity contribution in [1.29, 1.82) is 0 Å². The standard InChI is InChI=1S/C12H9ClN2O3/c13-11-8(2-1-5-14-11)15-12(18)7-3-4-9(16)10(17)6-7/h1-6,16-17H,(H,15,18). The third-order valence-corrected chi connectivity index (χ3v) is 2.55. The molecule has 18 heavy (non-hydrogen) atoms. The van der Waals surface area contributed by atoms with Crippen LogP contribution >= 0.6 is 11.6 Å². The lowest BCUT2D eigenvalue weighted by Crippen LogP contribution is -2.12. The van der Waals surface area contributed by atoms with Crippen LogP contribution < -0.4 is 5.32 Å². The molecule has 0 unspecified atom stereocenters. The Morgan fingerprint density at radius 3 is 2.67 bits per heavy atom. The van der Waals surface area contributed by atoms with Crippen LogP contribution in [0.1, 0.15) is 10.4 Å². The number of benzene rings is 1. The van der Waals surface area contributed by atoms with Crippen LogP contribution in [0.2, 0.25) is 5.15 Å². The summed E-state index contributed by atoms with van der Waals surface area (Å²) < 4.78 is 0. The number of aromatic hydroxyl groups is 2. The third-order valence-electron chi connectivity index (χ3n) is 2.24. The number of amides is 1. The van der Waals surface area contributed by atoms with Gasteiger partial charge in [-0.25, -0.2) is 4.98 Å². The fraction of sp³-hybridized carbons (Fsp3) is 0. The number of pyridine rings is 1. The first-order valence-electron chi connectivity index (χ1n) is 5.02. The summed E-state index contributed by atoms with van der Waals surface area (Å²) in [5.74, 6) is -1.11. The van der Waals surface area contributed by atoms with Crippen LogP contribution in [0.25, 0.3) is 0 Å². The largest absolute Gasteiger partial charge is 0.504 e. The predicted octanol–water partition coefficient (Wildman–Crippen LogP) is 2.40. The van der Waals surface area contributed by atoms with Crippen molar-refractivity contribution < 1.29 is 15.0 Å². The summed E-state index contributed by atoms with van der Waals surface area (Å²) in [5, 5.41) is 21.2. The summed E-state index contributed by atoms with van der Waals surface area (Å²) >= 11 is 5.80. The number of hydrogen-bond acceptors (Lipinski definition) is 4. The van der Waals surface area contributed by atoms with Gasteiger partial charge < -0.3 is 15.5 Å². The fourth-order valence-electron chi connectivity index (χ4n) is 1.34. The summed E-state index contributed by atoms with van der Waals surface area (Å²) in [5.41, 5.74) is 0.571. The van der Waals surface area contributed by atoms with Crippen molar-refractivity contribution >= 4 is 23.2 Å². The van der Waals surface area contributed by atoms with Crippen LogP contribution in [-0.4, -0.2) is 21.1 Å². The van der Waals surface area contributed by atoms with E-state index in [4.69, 9.17) is 16.7 Å². The van der Waals surface area contributed by atoms with E-state index in [9.17, 15) is 9.90 Å². The van der Waals surface area contributed by atoms with Gasteiger partial charge in [0.25, 0.3) is 5.91 Å². The highest BCUT2D eigenvalue weighted by molar-refractivity contribution is 6.32. The van der Waals surface area contributed by atoms with E-state index in [1.54, 1.807) is 12.1 Å². The van der Waals surface area contributed by atoms with Gasteiger partial charge in [-0.15, -0.1) is 0 Å². The lowest BCUT2D eigenvalue weighted by atomic mass is 10.2. The van der Waals surface area contributed by atoms with Crippen LogP contribution in [0.3, 0.4) is 0 Å². The zero-order valence-electron chi connectivity index (χ0n) is 9.09. The van der Waals surface area contributed by atoms with Crippen molar-refractivity contribution in [1.82, 2.24) is 4.98 Å². The molecule has 1 aromatic heterocycles. The van der Waals surface area contributed by atoms with Crippen molar-refractivity contribution in [3.8, 4) is 11.5 Å². The molecular weight excluding hydrogens is 256 g/mol. The molecule has 2 aromatic rings. The van der Waals surface area contributed by atoms with Gasteiger partial charge in [-0.1, -0.05) is 11.6 Å². The molecule has 5 nitrogen and oxygen atoms in total. The maximum Gasteiger partial charge on any atom is 0.255 e. The van der Waals surface area contributed by atoms with E-state index in [1.165, 1.54) is 18.3 Å². The molecule has 92 valence electrons. The van der Waals surface area contributed by atoms with Gasteiger partial charge in [0, 0.05) is 11.8 Å². The van der Waals surface area contributed by atoms with Crippen molar-refractivity contribution in [3.63, 3.8) is 0 Å². The first-order valence-corrected chi connectivity index (χ1v) is 5.39. The van der Waals surface area contributed by atoms with E-state index in [0.717, 1.165) is 6.07 Å². The highest BCUT2D eigenvalue weighted by Gasteiger charge is 2.10. The molecule has 0 aliphatic rings.